The van der Waals surface area contributed by atoms with Crippen molar-refractivity contribution in [3.63, 3.8) is 0 Å². The molecule has 1 atom stereocenters. The third-order valence-corrected chi connectivity index (χ3v) is 5.32. The maximum Gasteiger partial charge on any atom is 0.137 e. The number of aryl methyl sites for hydroxylation is 3. The van der Waals surface area contributed by atoms with Gasteiger partial charge >= 0.3 is 0 Å². The van der Waals surface area contributed by atoms with Crippen molar-refractivity contribution in [1.82, 2.24) is 9.38 Å². The first-order valence-corrected chi connectivity index (χ1v) is 8.99. The predicted octanol–water partition coefficient (Wildman–Crippen LogP) is 4.25. The third-order valence-electron chi connectivity index (χ3n) is 5.32. The maximum absolute atomic E-state index is 6.02. The fraction of sp³-hybridized carbons (Fsp3) is 0.381. The summed E-state index contributed by atoms with van der Waals surface area (Å²) in [4.78, 5) is 4.97. The highest BCUT2D eigenvalue weighted by atomic mass is 15.0. The molecule has 4 rings (SSSR count). The van der Waals surface area contributed by atoms with Crippen LogP contribution in [-0.4, -0.2) is 15.9 Å². The number of imidazole rings is 1. The maximum atomic E-state index is 6.02. The number of nitrogens with two attached hydrogens (primary N) is 1. The van der Waals surface area contributed by atoms with Gasteiger partial charge in [0, 0.05) is 23.7 Å². The van der Waals surface area contributed by atoms with Gasteiger partial charge in [-0.3, -0.25) is 0 Å². The number of pyridine rings is 1. The molecule has 0 radical (unpaired) electrons. The van der Waals surface area contributed by atoms with Gasteiger partial charge in [0.05, 0.1) is 11.4 Å². The van der Waals surface area contributed by atoms with Gasteiger partial charge in [-0.2, -0.15) is 0 Å². The Kier molecular flexibility index (Phi) is 3.89. The molecule has 1 aliphatic carbocycles. The summed E-state index contributed by atoms with van der Waals surface area (Å²) in [6, 6.07) is 13.2. The molecule has 3 heteroatoms. The van der Waals surface area contributed by atoms with Crippen molar-refractivity contribution in [2.75, 3.05) is 6.54 Å². The topological polar surface area (TPSA) is 43.3 Å². The average molecular weight is 319 g/mol. The van der Waals surface area contributed by atoms with Gasteiger partial charge in [0.25, 0.3) is 0 Å². The second kappa shape index (κ2) is 6.06. The third kappa shape index (κ3) is 2.44. The normalized spacial score (nSPS) is 15.5. The molecular formula is C21H25N3. The van der Waals surface area contributed by atoms with Crippen LogP contribution in [0.3, 0.4) is 0 Å². The average Bonchev–Trinajstić information content (AvgIpc) is 3.01. The van der Waals surface area contributed by atoms with Gasteiger partial charge in [-0.15, -0.1) is 0 Å². The van der Waals surface area contributed by atoms with E-state index in [2.05, 4.69) is 54.6 Å². The van der Waals surface area contributed by atoms with Crippen LogP contribution in [0.2, 0.25) is 0 Å². The van der Waals surface area contributed by atoms with Crippen LogP contribution in [0.4, 0.5) is 0 Å². The Morgan fingerprint density at radius 2 is 1.92 bits per heavy atom. The summed E-state index contributed by atoms with van der Waals surface area (Å²) in [7, 11) is 0. The minimum absolute atomic E-state index is 0.270. The number of fused-ring (bicyclic) bond motifs is 2. The van der Waals surface area contributed by atoms with Crippen LogP contribution in [0, 0.1) is 6.92 Å². The summed E-state index contributed by atoms with van der Waals surface area (Å²) in [5.74, 6) is 0.270. The zero-order valence-corrected chi connectivity index (χ0v) is 14.5. The van der Waals surface area contributed by atoms with Gasteiger partial charge in [-0.05, 0) is 61.9 Å². The number of hydrogen-bond acceptors (Lipinski definition) is 2. The molecule has 0 saturated heterocycles. The van der Waals surface area contributed by atoms with Crippen molar-refractivity contribution >= 4 is 5.65 Å². The molecule has 2 aromatic heterocycles. The van der Waals surface area contributed by atoms with E-state index in [0.717, 1.165) is 11.3 Å². The highest BCUT2D eigenvalue weighted by molar-refractivity contribution is 5.69. The van der Waals surface area contributed by atoms with Gasteiger partial charge in [-0.25, -0.2) is 4.98 Å². The van der Waals surface area contributed by atoms with E-state index in [4.69, 9.17) is 10.7 Å². The van der Waals surface area contributed by atoms with Crippen molar-refractivity contribution in [2.45, 2.75) is 45.4 Å². The summed E-state index contributed by atoms with van der Waals surface area (Å²) < 4.78 is 2.27. The molecule has 1 aromatic carbocycles. The fourth-order valence-electron chi connectivity index (χ4n) is 3.94. The van der Waals surface area contributed by atoms with E-state index in [0.29, 0.717) is 6.54 Å². The largest absolute Gasteiger partial charge is 0.330 e. The lowest BCUT2D eigenvalue weighted by atomic mass is 9.89. The van der Waals surface area contributed by atoms with Crippen LogP contribution in [-0.2, 0) is 12.8 Å². The number of nitrogens with zero attached hydrogens (tertiary/aromatic N) is 2. The zero-order valence-electron chi connectivity index (χ0n) is 14.5. The molecule has 2 N–H and O–H groups in total. The Balaban J connectivity index is 1.94. The van der Waals surface area contributed by atoms with Crippen LogP contribution in [0.1, 0.15) is 48.2 Å². The molecule has 1 unspecified atom stereocenters. The summed E-state index contributed by atoms with van der Waals surface area (Å²) in [5.41, 5.74) is 14.8. The van der Waals surface area contributed by atoms with E-state index in [1.54, 1.807) is 0 Å². The van der Waals surface area contributed by atoms with Gasteiger partial charge in [0.2, 0.25) is 0 Å². The SMILES string of the molecule is Cc1cccc2nc(-c3ccc4c(c3)CCCC4)c(C(C)CN)n12. The standard InChI is InChI=1S/C21H25N3/c1-14(13-22)21-20(23-19-9-5-6-15(2)24(19)21)18-11-10-16-7-3-4-8-17(16)12-18/h5-6,9-12,14H,3-4,7-8,13,22H2,1-2H3. The highest BCUT2D eigenvalue weighted by Gasteiger charge is 2.20. The molecule has 0 spiro atoms. The van der Waals surface area contributed by atoms with E-state index >= 15 is 0 Å². The first-order valence-electron chi connectivity index (χ1n) is 8.99. The Hall–Kier alpha value is -2.13. The number of aromatic nitrogens is 2. The molecule has 24 heavy (non-hydrogen) atoms. The number of benzene rings is 1. The van der Waals surface area contributed by atoms with Crippen LogP contribution in [0.25, 0.3) is 16.9 Å². The second-order valence-corrected chi connectivity index (χ2v) is 7.03. The van der Waals surface area contributed by atoms with Crippen molar-refractivity contribution in [1.29, 1.82) is 0 Å². The Labute approximate surface area is 143 Å². The van der Waals surface area contributed by atoms with Crippen molar-refractivity contribution in [3.8, 4) is 11.3 Å². The van der Waals surface area contributed by atoms with E-state index < -0.39 is 0 Å². The van der Waals surface area contributed by atoms with E-state index in [1.165, 1.54) is 53.8 Å². The van der Waals surface area contributed by atoms with E-state index in [1.807, 2.05) is 0 Å². The second-order valence-electron chi connectivity index (χ2n) is 7.03. The van der Waals surface area contributed by atoms with Gasteiger partial charge in [-0.1, -0.05) is 25.1 Å². The molecule has 0 aliphatic heterocycles. The van der Waals surface area contributed by atoms with Crippen LogP contribution >= 0.6 is 0 Å². The summed E-state index contributed by atoms with van der Waals surface area (Å²) in [6.45, 7) is 4.95. The van der Waals surface area contributed by atoms with Crippen molar-refractivity contribution in [3.05, 3.63) is 58.9 Å². The number of rotatable bonds is 3. The fourth-order valence-corrected chi connectivity index (χ4v) is 3.94. The Morgan fingerprint density at radius 1 is 1.12 bits per heavy atom. The van der Waals surface area contributed by atoms with Crippen LogP contribution in [0.15, 0.2) is 36.4 Å². The Morgan fingerprint density at radius 3 is 2.71 bits per heavy atom. The van der Waals surface area contributed by atoms with Crippen LogP contribution in [0.5, 0.6) is 0 Å². The van der Waals surface area contributed by atoms with E-state index in [9.17, 15) is 0 Å². The molecule has 3 nitrogen and oxygen atoms in total. The first kappa shape index (κ1) is 15.4. The molecule has 0 amide bonds. The predicted molar refractivity (Wildman–Crippen MR) is 99.5 cm³/mol. The summed E-state index contributed by atoms with van der Waals surface area (Å²) >= 11 is 0. The molecule has 1 aliphatic rings. The summed E-state index contributed by atoms with van der Waals surface area (Å²) in [6.07, 6.45) is 5.02. The van der Waals surface area contributed by atoms with Gasteiger partial charge in [0.1, 0.15) is 5.65 Å². The molecule has 0 fully saturated rings. The molecule has 3 aromatic rings. The zero-order chi connectivity index (χ0) is 16.7. The number of hydrogen-bond donors (Lipinski definition) is 1. The molecular weight excluding hydrogens is 294 g/mol. The Bertz CT molecular complexity index is 891. The minimum atomic E-state index is 0.270. The molecule has 124 valence electrons. The van der Waals surface area contributed by atoms with Gasteiger partial charge in [0.15, 0.2) is 0 Å². The first-order chi connectivity index (χ1) is 11.7. The quantitative estimate of drug-likeness (QED) is 0.784. The molecule has 2 heterocycles. The lowest BCUT2D eigenvalue weighted by Gasteiger charge is -2.17. The van der Waals surface area contributed by atoms with Crippen LogP contribution < -0.4 is 5.73 Å². The van der Waals surface area contributed by atoms with E-state index in [-0.39, 0.29) is 5.92 Å². The minimum Gasteiger partial charge on any atom is -0.330 e. The van der Waals surface area contributed by atoms with Crippen molar-refractivity contribution < 1.29 is 0 Å². The molecule has 0 saturated carbocycles. The van der Waals surface area contributed by atoms with Crippen molar-refractivity contribution in [2.24, 2.45) is 5.73 Å². The van der Waals surface area contributed by atoms with Gasteiger partial charge < -0.3 is 10.1 Å². The highest BCUT2D eigenvalue weighted by Crippen LogP contribution is 2.33. The lowest BCUT2D eigenvalue weighted by molar-refractivity contribution is 0.685. The molecule has 0 bridgehead atoms. The monoisotopic (exact) mass is 319 g/mol. The smallest absolute Gasteiger partial charge is 0.137 e. The lowest BCUT2D eigenvalue weighted by Crippen LogP contribution is -2.13. The summed E-state index contributed by atoms with van der Waals surface area (Å²) in [5, 5.41) is 0.